The van der Waals surface area contributed by atoms with Crippen LogP contribution in [0.5, 0.6) is 0 Å². The Morgan fingerprint density at radius 2 is 1.74 bits per heavy atom. The number of aryl methyl sites for hydroxylation is 1. The van der Waals surface area contributed by atoms with Crippen molar-refractivity contribution in [1.82, 2.24) is 15.5 Å². The predicted octanol–water partition coefficient (Wildman–Crippen LogP) is 2.95. The van der Waals surface area contributed by atoms with Gasteiger partial charge in [0, 0.05) is 45.3 Å². The average Bonchev–Trinajstić information content (AvgIpc) is 2.89. The Morgan fingerprint density at radius 3 is 2.40 bits per heavy atom. The minimum absolute atomic E-state index is 0.100. The number of hydrogen-bond acceptors (Lipinski definition) is 4. The van der Waals surface area contributed by atoms with Crippen LogP contribution in [0.3, 0.4) is 0 Å². The smallest absolute Gasteiger partial charge is 0.251 e. The van der Waals surface area contributed by atoms with Crippen LogP contribution in [0.25, 0.3) is 0 Å². The predicted molar refractivity (Wildman–Crippen MR) is 131 cm³/mol. The summed E-state index contributed by atoms with van der Waals surface area (Å²) in [5, 5.41) is 5.72. The van der Waals surface area contributed by atoms with Gasteiger partial charge in [0.25, 0.3) is 5.91 Å². The van der Waals surface area contributed by atoms with E-state index in [1.165, 1.54) is 24.3 Å². The molecule has 1 saturated heterocycles. The standard InChI is InChI=1S/C27H34FN3O4/c1-35-19-5-16-29-27(34)25(30-26(33)22-9-11-23(28)12-10-22)21-14-17-31(18-15-21)24(32)13-8-20-6-3-2-4-7-20/h2-4,6-7,9-12,21,25H,5,8,13-19H2,1H3,(H,29,34)(H,30,33). The molecule has 2 aromatic rings. The summed E-state index contributed by atoms with van der Waals surface area (Å²) in [6, 6.07) is 14.4. The zero-order valence-electron chi connectivity index (χ0n) is 20.2. The summed E-state index contributed by atoms with van der Waals surface area (Å²) in [6.07, 6.45) is 3.02. The highest BCUT2D eigenvalue weighted by Crippen LogP contribution is 2.22. The molecule has 3 amide bonds. The van der Waals surface area contributed by atoms with Crippen LogP contribution in [0.4, 0.5) is 4.39 Å². The topological polar surface area (TPSA) is 87.7 Å². The molecule has 1 aliphatic heterocycles. The number of methoxy groups -OCH3 is 1. The van der Waals surface area contributed by atoms with Crippen molar-refractivity contribution in [3.63, 3.8) is 0 Å². The minimum atomic E-state index is -0.739. The Labute approximate surface area is 206 Å². The van der Waals surface area contributed by atoms with Crippen LogP contribution in [0.1, 0.15) is 41.6 Å². The monoisotopic (exact) mass is 483 g/mol. The molecular weight excluding hydrogens is 449 g/mol. The van der Waals surface area contributed by atoms with Gasteiger partial charge < -0.3 is 20.3 Å². The molecule has 188 valence electrons. The Hall–Kier alpha value is -3.26. The molecule has 1 unspecified atom stereocenters. The first kappa shape index (κ1) is 26.3. The number of carbonyl (C=O) groups excluding carboxylic acids is 3. The molecule has 7 nitrogen and oxygen atoms in total. The van der Waals surface area contributed by atoms with Crippen LogP contribution >= 0.6 is 0 Å². The molecule has 0 radical (unpaired) electrons. The Balaban J connectivity index is 1.58. The number of hydrogen-bond donors (Lipinski definition) is 2. The van der Waals surface area contributed by atoms with Crippen molar-refractivity contribution >= 4 is 17.7 Å². The van der Waals surface area contributed by atoms with Crippen molar-refractivity contribution in [2.24, 2.45) is 5.92 Å². The molecule has 0 spiro atoms. The van der Waals surface area contributed by atoms with Gasteiger partial charge in [0.1, 0.15) is 11.9 Å². The summed E-state index contributed by atoms with van der Waals surface area (Å²) in [4.78, 5) is 40.3. The van der Waals surface area contributed by atoms with Gasteiger partial charge in [-0.1, -0.05) is 30.3 Å². The van der Waals surface area contributed by atoms with E-state index in [9.17, 15) is 18.8 Å². The van der Waals surface area contributed by atoms with Crippen LogP contribution in [0.2, 0.25) is 0 Å². The molecule has 1 fully saturated rings. The van der Waals surface area contributed by atoms with E-state index in [1.807, 2.05) is 35.2 Å². The van der Waals surface area contributed by atoms with E-state index in [2.05, 4.69) is 10.6 Å². The number of rotatable bonds is 11. The van der Waals surface area contributed by atoms with Crippen molar-refractivity contribution in [3.8, 4) is 0 Å². The Bertz CT molecular complexity index is 960. The summed E-state index contributed by atoms with van der Waals surface area (Å²) in [7, 11) is 1.60. The van der Waals surface area contributed by atoms with E-state index >= 15 is 0 Å². The largest absolute Gasteiger partial charge is 0.385 e. The zero-order valence-corrected chi connectivity index (χ0v) is 20.2. The molecule has 2 aromatic carbocycles. The highest BCUT2D eigenvalue weighted by atomic mass is 19.1. The van der Waals surface area contributed by atoms with Gasteiger partial charge in [0.05, 0.1) is 0 Å². The maximum Gasteiger partial charge on any atom is 0.251 e. The fraction of sp³-hybridized carbons (Fsp3) is 0.444. The Kier molecular flexibility index (Phi) is 10.2. The number of likely N-dealkylation sites (tertiary alicyclic amines) is 1. The minimum Gasteiger partial charge on any atom is -0.385 e. The lowest BCUT2D eigenvalue weighted by atomic mass is 9.88. The van der Waals surface area contributed by atoms with E-state index in [-0.39, 0.29) is 23.3 Å². The zero-order chi connectivity index (χ0) is 25.0. The van der Waals surface area contributed by atoms with Gasteiger partial charge >= 0.3 is 0 Å². The summed E-state index contributed by atoms with van der Waals surface area (Å²) in [5.41, 5.74) is 1.42. The van der Waals surface area contributed by atoms with E-state index in [0.717, 1.165) is 5.56 Å². The molecule has 1 aliphatic rings. The van der Waals surface area contributed by atoms with Crippen LogP contribution in [0.15, 0.2) is 54.6 Å². The summed E-state index contributed by atoms with van der Waals surface area (Å²) < 4.78 is 18.3. The molecule has 35 heavy (non-hydrogen) atoms. The van der Waals surface area contributed by atoms with E-state index < -0.39 is 17.8 Å². The van der Waals surface area contributed by atoms with Gasteiger partial charge in [0.2, 0.25) is 11.8 Å². The van der Waals surface area contributed by atoms with Crippen molar-refractivity contribution in [2.75, 3.05) is 33.4 Å². The Morgan fingerprint density at radius 1 is 1.06 bits per heavy atom. The number of piperidine rings is 1. The van der Waals surface area contributed by atoms with Gasteiger partial charge in [-0.3, -0.25) is 14.4 Å². The SMILES string of the molecule is COCCCNC(=O)C(NC(=O)c1ccc(F)cc1)C1CCN(C(=O)CCc2ccccc2)CC1. The number of nitrogens with zero attached hydrogens (tertiary/aromatic N) is 1. The maximum absolute atomic E-state index is 13.2. The third-order valence-electron chi connectivity index (χ3n) is 6.33. The number of benzene rings is 2. The molecule has 1 heterocycles. The fourth-order valence-corrected chi connectivity index (χ4v) is 4.30. The van der Waals surface area contributed by atoms with Gasteiger partial charge in [-0.05, 0) is 61.4 Å². The molecule has 2 N–H and O–H groups in total. The number of carbonyl (C=O) groups is 3. The second-order valence-electron chi connectivity index (χ2n) is 8.80. The normalized spacial score (nSPS) is 14.9. The second-order valence-corrected chi connectivity index (χ2v) is 8.80. The maximum atomic E-state index is 13.2. The first-order valence-electron chi connectivity index (χ1n) is 12.1. The average molecular weight is 484 g/mol. The molecule has 0 saturated carbocycles. The molecule has 0 aromatic heterocycles. The quantitative estimate of drug-likeness (QED) is 0.481. The number of halogens is 1. The van der Waals surface area contributed by atoms with E-state index in [4.69, 9.17) is 4.74 Å². The number of nitrogens with one attached hydrogen (secondary N) is 2. The van der Waals surface area contributed by atoms with E-state index in [1.54, 1.807) is 7.11 Å². The lowest BCUT2D eigenvalue weighted by Crippen LogP contribution is -2.54. The molecule has 0 aliphatic carbocycles. The van der Waals surface area contributed by atoms with Crippen LogP contribution in [-0.4, -0.2) is 62.0 Å². The van der Waals surface area contributed by atoms with Crippen molar-refractivity contribution in [3.05, 3.63) is 71.5 Å². The third kappa shape index (κ3) is 8.17. The van der Waals surface area contributed by atoms with Crippen molar-refractivity contribution in [1.29, 1.82) is 0 Å². The molecule has 3 rings (SSSR count). The lowest BCUT2D eigenvalue weighted by Gasteiger charge is -2.36. The highest BCUT2D eigenvalue weighted by Gasteiger charge is 2.33. The number of amides is 3. The number of ether oxygens (including phenoxy) is 1. The van der Waals surface area contributed by atoms with Gasteiger partial charge in [-0.25, -0.2) is 4.39 Å². The van der Waals surface area contributed by atoms with Gasteiger partial charge in [0.15, 0.2) is 0 Å². The van der Waals surface area contributed by atoms with Gasteiger partial charge in [-0.15, -0.1) is 0 Å². The molecule has 1 atom stereocenters. The third-order valence-corrected chi connectivity index (χ3v) is 6.33. The summed E-state index contributed by atoms with van der Waals surface area (Å²) >= 11 is 0. The van der Waals surface area contributed by atoms with Crippen molar-refractivity contribution in [2.45, 2.75) is 38.1 Å². The molecular formula is C27H34FN3O4. The van der Waals surface area contributed by atoms with Crippen LogP contribution in [-0.2, 0) is 20.7 Å². The van der Waals surface area contributed by atoms with E-state index in [0.29, 0.717) is 58.3 Å². The van der Waals surface area contributed by atoms with Crippen LogP contribution < -0.4 is 10.6 Å². The second kappa shape index (κ2) is 13.6. The van der Waals surface area contributed by atoms with Gasteiger partial charge in [-0.2, -0.15) is 0 Å². The summed E-state index contributed by atoms with van der Waals surface area (Å²) in [6.45, 7) is 2.04. The highest BCUT2D eigenvalue weighted by molar-refractivity contribution is 5.97. The fourth-order valence-electron chi connectivity index (χ4n) is 4.30. The van der Waals surface area contributed by atoms with Crippen molar-refractivity contribution < 1.29 is 23.5 Å². The molecule has 8 heteroatoms. The van der Waals surface area contributed by atoms with Crippen LogP contribution in [0, 0.1) is 11.7 Å². The summed E-state index contributed by atoms with van der Waals surface area (Å²) in [5.74, 6) is -1.13. The lowest BCUT2D eigenvalue weighted by molar-refractivity contribution is -0.133. The molecule has 0 bridgehead atoms. The first-order chi connectivity index (χ1) is 17.0. The first-order valence-corrected chi connectivity index (χ1v) is 12.1.